The number of aliphatic carboxylic acids is 1. The number of carbonyl (C=O) groups is 2. The van der Waals surface area contributed by atoms with Crippen LogP contribution >= 0.6 is 0 Å². The summed E-state index contributed by atoms with van der Waals surface area (Å²) >= 11 is 0. The lowest BCUT2D eigenvalue weighted by atomic mass is 9.94. The van der Waals surface area contributed by atoms with Gasteiger partial charge in [-0.3, -0.25) is 4.79 Å². The van der Waals surface area contributed by atoms with E-state index in [9.17, 15) is 14.7 Å². The molecule has 2 rings (SSSR count). The van der Waals surface area contributed by atoms with Crippen LogP contribution in [0.4, 0.5) is 0 Å². The predicted molar refractivity (Wildman–Crippen MR) is 97.6 cm³/mol. The van der Waals surface area contributed by atoms with Crippen molar-refractivity contribution < 1.29 is 19.4 Å². The molecule has 5 nitrogen and oxygen atoms in total. The summed E-state index contributed by atoms with van der Waals surface area (Å²) in [6.45, 7) is 4.37. The zero-order chi connectivity index (χ0) is 18.9. The van der Waals surface area contributed by atoms with Crippen molar-refractivity contribution >= 4 is 11.9 Å². The lowest BCUT2D eigenvalue weighted by Gasteiger charge is -2.23. The molecule has 2 unspecified atom stereocenters. The van der Waals surface area contributed by atoms with Gasteiger partial charge >= 0.3 is 0 Å². The van der Waals surface area contributed by atoms with Gasteiger partial charge in [0, 0.05) is 12.4 Å². The summed E-state index contributed by atoms with van der Waals surface area (Å²) in [5, 5.41) is 14.0. The monoisotopic (exact) mass is 354 g/mol. The van der Waals surface area contributed by atoms with Crippen molar-refractivity contribution in [2.45, 2.75) is 38.6 Å². The maximum absolute atomic E-state index is 12.8. The molecule has 0 aliphatic heterocycles. The first-order valence-corrected chi connectivity index (χ1v) is 8.83. The smallest absolute Gasteiger partial charge is 0.228 e. The molecule has 2 atom stereocenters. The number of amides is 1. The van der Waals surface area contributed by atoms with Crippen molar-refractivity contribution in [2.24, 2.45) is 0 Å². The van der Waals surface area contributed by atoms with E-state index in [1.165, 1.54) is 0 Å². The summed E-state index contributed by atoms with van der Waals surface area (Å²) in [5.41, 5.74) is 1.61. The van der Waals surface area contributed by atoms with Crippen molar-refractivity contribution in [3.63, 3.8) is 0 Å². The van der Waals surface area contributed by atoms with E-state index in [1.54, 1.807) is 24.3 Å². The largest absolute Gasteiger partial charge is 0.550 e. The Morgan fingerprint density at radius 3 is 2.19 bits per heavy atom. The Kier molecular flexibility index (Phi) is 7.21. The first-order chi connectivity index (χ1) is 12.5. The summed E-state index contributed by atoms with van der Waals surface area (Å²) in [6, 6.07) is 15.9. The van der Waals surface area contributed by atoms with E-state index in [0.29, 0.717) is 24.3 Å². The lowest BCUT2D eigenvalue weighted by molar-refractivity contribution is -0.306. The molecule has 0 radical (unpaired) electrons. The molecule has 0 bridgehead atoms. The van der Waals surface area contributed by atoms with E-state index < -0.39 is 12.0 Å². The normalized spacial score (nSPS) is 12.8. The molecule has 0 aliphatic rings. The summed E-state index contributed by atoms with van der Waals surface area (Å²) in [4.78, 5) is 23.9. The van der Waals surface area contributed by atoms with Crippen molar-refractivity contribution in [1.29, 1.82) is 0 Å². The van der Waals surface area contributed by atoms with Crippen molar-refractivity contribution in [1.82, 2.24) is 5.32 Å². The number of carboxylic acid groups (broad SMARTS) is 1. The molecule has 26 heavy (non-hydrogen) atoms. The third kappa shape index (κ3) is 5.34. The van der Waals surface area contributed by atoms with Crippen molar-refractivity contribution in [3.8, 4) is 5.75 Å². The van der Waals surface area contributed by atoms with Gasteiger partial charge in [-0.15, -0.1) is 0 Å². The van der Waals surface area contributed by atoms with Crippen molar-refractivity contribution in [3.05, 3.63) is 65.7 Å². The number of carboxylic acids is 1. The van der Waals surface area contributed by atoms with Gasteiger partial charge in [-0.1, -0.05) is 49.4 Å². The first kappa shape index (κ1) is 19.5. The number of ether oxygens (including phenoxy) is 1. The van der Waals surface area contributed by atoms with Crippen molar-refractivity contribution in [2.75, 3.05) is 6.61 Å². The molecule has 0 saturated carbocycles. The zero-order valence-corrected chi connectivity index (χ0v) is 15.1. The molecule has 1 amide bonds. The molecule has 0 heterocycles. The van der Waals surface area contributed by atoms with Crippen LogP contribution < -0.4 is 15.2 Å². The standard InChI is InChI=1S/C21H25NO4/c1-3-18(15-8-6-5-7-9-15)21(25)22-19(14-20(23)24)16-10-12-17(13-11-16)26-4-2/h5-13,18-19H,3-4,14H2,1-2H3,(H,22,25)(H,23,24)/p-1. The average molecular weight is 354 g/mol. The third-order valence-electron chi connectivity index (χ3n) is 4.21. The van der Waals surface area contributed by atoms with E-state index >= 15 is 0 Å². The van der Waals surface area contributed by atoms with Gasteiger partial charge in [-0.25, -0.2) is 0 Å². The van der Waals surface area contributed by atoms with Crippen LogP contribution in [0.15, 0.2) is 54.6 Å². The fourth-order valence-corrected chi connectivity index (χ4v) is 2.91. The summed E-state index contributed by atoms with van der Waals surface area (Å²) in [5.74, 6) is -1.04. The van der Waals surface area contributed by atoms with Crippen LogP contribution in [0.3, 0.4) is 0 Å². The topological polar surface area (TPSA) is 78.5 Å². The van der Waals surface area contributed by atoms with Crippen LogP contribution in [0.5, 0.6) is 5.75 Å². The van der Waals surface area contributed by atoms with Gasteiger partial charge in [0.15, 0.2) is 0 Å². The van der Waals surface area contributed by atoms with E-state index in [-0.39, 0.29) is 18.2 Å². The highest BCUT2D eigenvalue weighted by atomic mass is 16.5. The van der Waals surface area contributed by atoms with Crippen LogP contribution in [0, 0.1) is 0 Å². The van der Waals surface area contributed by atoms with E-state index in [0.717, 1.165) is 5.56 Å². The molecule has 0 aromatic heterocycles. The molecule has 5 heteroatoms. The number of nitrogens with one attached hydrogen (secondary N) is 1. The van der Waals surface area contributed by atoms with E-state index in [2.05, 4.69) is 5.32 Å². The SMILES string of the molecule is CCOc1ccc(C(CC(=O)[O-])NC(=O)C(CC)c2ccccc2)cc1. The highest BCUT2D eigenvalue weighted by molar-refractivity contribution is 5.84. The number of benzene rings is 2. The number of rotatable bonds is 9. The number of carbonyl (C=O) groups excluding carboxylic acids is 2. The van der Waals surface area contributed by atoms with Gasteiger partial charge in [-0.05, 0) is 36.6 Å². The second-order valence-corrected chi connectivity index (χ2v) is 6.01. The quantitative estimate of drug-likeness (QED) is 0.751. The molecule has 0 fully saturated rings. The molecular formula is C21H24NO4-. The maximum Gasteiger partial charge on any atom is 0.228 e. The van der Waals surface area contributed by atoms with Crippen LogP contribution in [-0.4, -0.2) is 18.5 Å². The minimum Gasteiger partial charge on any atom is -0.550 e. The van der Waals surface area contributed by atoms with E-state index in [4.69, 9.17) is 4.74 Å². The van der Waals surface area contributed by atoms with Gasteiger partial charge in [0.05, 0.1) is 18.6 Å². The molecular weight excluding hydrogens is 330 g/mol. The molecule has 2 aromatic rings. The zero-order valence-electron chi connectivity index (χ0n) is 15.1. The van der Waals surface area contributed by atoms with Gasteiger partial charge in [0.2, 0.25) is 5.91 Å². The summed E-state index contributed by atoms with van der Waals surface area (Å²) in [6.07, 6.45) is 0.335. The average Bonchev–Trinajstić information content (AvgIpc) is 2.63. The Balaban J connectivity index is 2.18. The molecule has 0 aliphatic carbocycles. The Morgan fingerprint density at radius 2 is 1.65 bits per heavy atom. The predicted octanol–water partition coefficient (Wildman–Crippen LogP) is 2.58. The van der Waals surface area contributed by atoms with Gasteiger partial charge in [0.1, 0.15) is 5.75 Å². The fraction of sp³-hybridized carbons (Fsp3) is 0.333. The highest BCUT2D eigenvalue weighted by Crippen LogP contribution is 2.24. The Bertz CT molecular complexity index is 713. The third-order valence-corrected chi connectivity index (χ3v) is 4.21. The van der Waals surface area contributed by atoms with Gasteiger partial charge < -0.3 is 20.0 Å². The minimum absolute atomic E-state index is 0.196. The second-order valence-electron chi connectivity index (χ2n) is 6.01. The second kappa shape index (κ2) is 9.61. The molecule has 0 spiro atoms. The molecule has 1 N–H and O–H groups in total. The van der Waals surface area contributed by atoms with Crippen LogP contribution in [0.25, 0.3) is 0 Å². The van der Waals surface area contributed by atoms with Gasteiger partial charge in [-0.2, -0.15) is 0 Å². The summed E-state index contributed by atoms with van der Waals surface area (Å²) in [7, 11) is 0. The Morgan fingerprint density at radius 1 is 1.00 bits per heavy atom. The van der Waals surface area contributed by atoms with Crippen LogP contribution in [0.2, 0.25) is 0 Å². The fourth-order valence-electron chi connectivity index (χ4n) is 2.91. The Hall–Kier alpha value is -2.82. The Labute approximate surface area is 154 Å². The number of hydrogen-bond donors (Lipinski definition) is 1. The first-order valence-electron chi connectivity index (χ1n) is 8.83. The van der Waals surface area contributed by atoms with Crippen LogP contribution in [-0.2, 0) is 9.59 Å². The maximum atomic E-state index is 12.8. The molecule has 2 aromatic carbocycles. The highest BCUT2D eigenvalue weighted by Gasteiger charge is 2.22. The molecule has 0 saturated heterocycles. The minimum atomic E-state index is -1.21. The van der Waals surface area contributed by atoms with Crippen LogP contribution in [0.1, 0.15) is 49.8 Å². The number of hydrogen-bond acceptors (Lipinski definition) is 4. The van der Waals surface area contributed by atoms with Gasteiger partial charge in [0.25, 0.3) is 0 Å². The van der Waals surface area contributed by atoms with E-state index in [1.807, 2.05) is 44.2 Å². The molecule has 138 valence electrons. The lowest BCUT2D eigenvalue weighted by Crippen LogP contribution is -2.36. The summed E-state index contributed by atoms with van der Waals surface area (Å²) < 4.78 is 5.40.